The molecule has 0 aromatic heterocycles. The first-order chi connectivity index (χ1) is 11.3. The molecule has 0 saturated carbocycles. The zero-order valence-electron chi connectivity index (χ0n) is 13.5. The predicted octanol–water partition coefficient (Wildman–Crippen LogP) is 2.08. The van der Waals surface area contributed by atoms with Gasteiger partial charge >= 0.3 is 0 Å². The number of ether oxygens (including phenoxy) is 1. The number of rotatable bonds is 4. The summed E-state index contributed by atoms with van der Waals surface area (Å²) in [5.41, 5.74) is 3.05. The van der Waals surface area contributed by atoms with Crippen molar-refractivity contribution >= 4 is 17.3 Å². The van der Waals surface area contributed by atoms with E-state index in [-0.39, 0.29) is 18.1 Å². The van der Waals surface area contributed by atoms with Crippen molar-refractivity contribution in [2.24, 2.45) is 0 Å². The van der Waals surface area contributed by atoms with Gasteiger partial charge < -0.3 is 14.8 Å². The SMILES string of the molecule is CC1(C)Oc2ccc([N+](=O)[O-])cc2C(N2CCCC2=O)=C1CNO. The summed E-state index contributed by atoms with van der Waals surface area (Å²) in [5.74, 6) is 0.456. The van der Waals surface area contributed by atoms with Crippen LogP contribution in [0.2, 0.25) is 0 Å². The molecular weight excluding hydrogens is 314 g/mol. The highest BCUT2D eigenvalue weighted by molar-refractivity contribution is 5.92. The van der Waals surface area contributed by atoms with Gasteiger partial charge in [-0.2, -0.15) is 0 Å². The Bertz CT molecular complexity index is 741. The van der Waals surface area contributed by atoms with Crippen LogP contribution in [0.25, 0.3) is 5.70 Å². The molecule has 0 radical (unpaired) electrons. The Morgan fingerprint density at radius 2 is 2.21 bits per heavy atom. The third-order valence-corrected chi connectivity index (χ3v) is 4.41. The van der Waals surface area contributed by atoms with Gasteiger partial charge in [0.1, 0.15) is 11.4 Å². The number of hydrogen-bond acceptors (Lipinski definition) is 6. The molecule has 0 unspecified atom stereocenters. The molecule has 1 saturated heterocycles. The lowest BCUT2D eigenvalue weighted by Crippen LogP contribution is -2.42. The molecule has 0 aliphatic carbocycles. The summed E-state index contributed by atoms with van der Waals surface area (Å²) >= 11 is 0. The fraction of sp³-hybridized carbons (Fsp3) is 0.438. The normalized spacial score (nSPS) is 19.3. The summed E-state index contributed by atoms with van der Waals surface area (Å²) in [4.78, 5) is 24.6. The van der Waals surface area contributed by atoms with Gasteiger partial charge in [0.15, 0.2) is 0 Å². The van der Waals surface area contributed by atoms with Crippen molar-refractivity contribution < 1.29 is 19.7 Å². The number of non-ortho nitro benzene ring substituents is 1. The highest BCUT2D eigenvalue weighted by Gasteiger charge is 2.40. The van der Waals surface area contributed by atoms with Gasteiger partial charge in [-0.3, -0.25) is 14.9 Å². The minimum absolute atomic E-state index is 0.0319. The number of likely N-dealkylation sites (tertiary alicyclic amines) is 1. The number of carbonyl (C=O) groups excluding carboxylic acids is 1. The van der Waals surface area contributed by atoms with Gasteiger partial charge in [-0.1, -0.05) is 0 Å². The van der Waals surface area contributed by atoms with E-state index in [0.717, 1.165) is 6.42 Å². The highest BCUT2D eigenvalue weighted by Crippen LogP contribution is 2.44. The lowest BCUT2D eigenvalue weighted by atomic mass is 9.88. The second kappa shape index (κ2) is 5.88. The topological polar surface area (TPSA) is 105 Å². The minimum atomic E-state index is -0.767. The van der Waals surface area contributed by atoms with Gasteiger partial charge in [-0.25, -0.2) is 5.48 Å². The van der Waals surface area contributed by atoms with Crippen LogP contribution in [0.4, 0.5) is 5.69 Å². The van der Waals surface area contributed by atoms with Gasteiger partial charge in [-0.05, 0) is 26.3 Å². The van der Waals surface area contributed by atoms with Crippen LogP contribution < -0.4 is 10.2 Å². The van der Waals surface area contributed by atoms with Crippen LogP contribution in [-0.4, -0.2) is 39.6 Å². The number of nitro benzene ring substituents is 1. The average Bonchev–Trinajstić information content (AvgIpc) is 2.93. The van der Waals surface area contributed by atoms with Crippen LogP contribution in [0.5, 0.6) is 5.75 Å². The number of nitro groups is 1. The fourth-order valence-corrected chi connectivity index (χ4v) is 3.26. The van der Waals surface area contributed by atoms with Crippen LogP contribution >= 0.6 is 0 Å². The lowest BCUT2D eigenvalue weighted by molar-refractivity contribution is -0.384. The lowest BCUT2D eigenvalue weighted by Gasteiger charge is -2.39. The maximum Gasteiger partial charge on any atom is 0.270 e. The molecule has 1 aromatic carbocycles. The molecule has 8 nitrogen and oxygen atoms in total. The van der Waals surface area contributed by atoms with E-state index in [1.807, 2.05) is 13.8 Å². The second-order valence-electron chi connectivity index (χ2n) is 6.36. The molecule has 2 heterocycles. The Kier molecular flexibility index (Phi) is 4.02. The number of nitrogens with one attached hydrogen (secondary N) is 1. The van der Waals surface area contributed by atoms with Gasteiger partial charge in [0.25, 0.3) is 5.69 Å². The fourth-order valence-electron chi connectivity index (χ4n) is 3.26. The molecule has 2 aliphatic rings. The third-order valence-electron chi connectivity index (χ3n) is 4.41. The zero-order chi connectivity index (χ0) is 17.5. The molecule has 1 fully saturated rings. The number of benzene rings is 1. The quantitative estimate of drug-likeness (QED) is 0.645. The van der Waals surface area contributed by atoms with Crippen LogP contribution in [0.3, 0.4) is 0 Å². The Morgan fingerprint density at radius 3 is 2.79 bits per heavy atom. The van der Waals surface area contributed by atoms with Gasteiger partial charge in [0.2, 0.25) is 5.91 Å². The summed E-state index contributed by atoms with van der Waals surface area (Å²) in [5, 5.41) is 20.3. The molecule has 0 bridgehead atoms. The van der Waals surface area contributed by atoms with Crippen LogP contribution in [0.15, 0.2) is 23.8 Å². The summed E-state index contributed by atoms with van der Waals surface area (Å²) in [7, 11) is 0. The first-order valence-corrected chi connectivity index (χ1v) is 7.74. The number of amides is 1. The van der Waals surface area contributed by atoms with Crippen molar-refractivity contribution in [1.29, 1.82) is 0 Å². The molecule has 2 aliphatic heterocycles. The van der Waals surface area contributed by atoms with Crippen molar-refractivity contribution in [2.45, 2.75) is 32.3 Å². The smallest absolute Gasteiger partial charge is 0.270 e. The molecule has 0 spiro atoms. The summed E-state index contributed by atoms with van der Waals surface area (Å²) in [6.07, 6.45) is 1.17. The summed E-state index contributed by atoms with van der Waals surface area (Å²) in [6.45, 7) is 4.31. The van der Waals surface area contributed by atoms with E-state index in [2.05, 4.69) is 5.48 Å². The van der Waals surface area contributed by atoms with E-state index in [1.165, 1.54) is 12.1 Å². The minimum Gasteiger partial charge on any atom is -0.483 e. The van der Waals surface area contributed by atoms with E-state index in [1.54, 1.807) is 11.0 Å². The van der Waals surface area contributed by atoms with Gasteiger partial charge in [0, 0.05) is 42.8 Å². The van der Waals surface area contributed by atoms with E-state index < -0.39 is 10.5 Å². The first-order valence-electron chi connectivity index (χ1n) is 7.74. The molecule has 3 rings (SSSR count). The number of carbonyl (C=O) groups is 1. The van der Waals surface area contributed by atoms with Gasteiger partial charge in [0.05, 0.1) is 10.6 Å². The molecule has 0 atom stereocenters. The van der Waals surface area contributed by atoms with Crippen molar-refractivity contribution in [3.05, 3.63) is 39.4 Å². The number of fused-ring (bicyclic) bond motifs is 1. The monoisotopic (exact) mass is 333 g/mol. The summed E-state index contributed by atoms with van der Waals surface area (Å²) < 4.78 is 5.97. The molecule has 1 aromatic rings. The average molecular weight is 333 g/mol. The second-order valence-corrected chi connectivity index (χ2v) is 6.36. The van der Waals surface area contributed by atoms with Crippen molar-refractivity contribution in [1.82, 2.24) is 10.4 Å². The Hall–Kier alpha value is -2.45. The Labute approximate surface area is 138 Å². The Morgan fingerprint density at radius 1 is 1.46 bits per heavy atom. The van der Waals surface area contributed by atoms with Crippen molar-refractivity contribution in [3.63, 3.8) is 0 Å². The third kappa shape index (κ3) is 2.63. The van der Waals surface area contributed by atoms with Crippen molar-refractivity contribution in [3.8, 4) is 5.75 Å². The first kappa shape index (κ1) is 16.4. The maximum atomic E-state index is 12.3. The molecule has 1 amide bonds. The zero-order valence-corrected chi connectivity index (χ0v) is 13.5. The standard InChI is InChI=1S/C16H19N3O5/c1-16(2)12(9-17-21)15(18-7-3-4-14(18)20)11-8-10(19(22)23)5-6-13(11)24-16/h5-6,8,17,21H,3-4,7,9H2,1-2H3. The predicted molar refractivity (Wildman–Crippen MR) is 85.5 cm³/mol. The largest absolute Gasteiger partial charge is 0.483 e. The summed E-state index contributed by atoms with van der Waals surface area (Å²) in [6, 6.07) is 4.36. The Balaban J connectivity index is 2.25. The van der Waals surface area contributed by atoms with Crippen LogP contribution in [0, 0.1) is 10.1 Å². The molecule has 8 heteroatoms. The molecular formula is C16H19N3O5. The van der Waals surface area contributed by atoms with Crippen LogP contribution in [-0.2, 0) is 4.79 Å². The van der Waals surface area contributed by atoms with Crippen LogP contribution in [0.1, 0.15) is 32.3 Å². The number of hydroxylamine groups is 1. The van der Waals surface area contributed by atoms with E-state index in [4.69, 9.17) is 4.74 Å². The molecule has 128 valence electrons. The maximum absolute atomic E-state index is 12.3. The number of nitrogens with zero attached hydrogens (tertiary/aromatic N) is 2. The van der Waals surface area contributed by atoms with E-state index in [0.29, 0.717) is 35.5 Å². The molecule has 2 N–H and O–H groups in total. The van der Waals surface area contributed by atoms with Gasteiger partial charge in [-0.15, -0.1) is 0 Å². The number of hydrogen-bond donors (Lipinski definition) is 2. The van der Waals surface area contributed by atoms with E-state index >= 15 is 0 Å². The van der Waals surface area contributed by atoms with Crippen molar-refractivity contribution in [2.75, 3.05) is 13.1 Å². The molecule has 24 heavy (non-hydrogen) atoms. The van der Waals surface area contributed by atoms with E-state index in [9.17, 15) is 20.1 Å². The highest BCUT2D eigenvalue weighted by atomic mass is 16.6.